The van der Waals surface area contributed by atoms with Gasteiger partial charge >= 0.3 is 0 Å². The van der Waals surface area contributed by atoms with Crippen LogP contribution in [0.15, 0.2) is 78.6 Å². The zero-order valence-electron chi connectivity index (χ0n) is 25.4. The van der Waals surface area contributed by atoms with Crippen molar-refractivity contribution in [3.63, 3.8) is 0 Å². The number of nitrogens with zero attached hydrogens (tertiary/aromatic N) is 4. The first-order valence-corrected chi connectivity index (χ1v) is 14.0. The zero-order chi connectivity index (χ0) is 31.1. The van der Waals surface area contributed by atoms with Gasteiger partial charge in [-0.05, 0) is 28.3 Å². The minimum absolute atomic E-state index is 0. The summed E-state index contributed by atoms with van der Waals surface area (Å²) in [6.45, 7) is 11.1. The van der Waals surface area contributed by atoms with Gasteiger partial charge in [0.05, 0.1) is 27.7 Å². The van der Waals surface area contributed by atoms with Crippen LogP contribution in [0.2, 0.25) is 0 Å². The van der Waals surface area contributed by atoms with Gasteiger partial charge in [-0.1, -0.05) is 88.7 Å². The Bertz CT molecular complexity index is 2200. The normalized spacial score (nSPS) is 12.0. The summed E-state index contributed by atoms with van der Waals surface area (Å²) in [4.78, 5) is 21.3. The monoisotopic (exact) mass is 756 g/mol. The number of allylic oxidation sites excluding steroid dienone is 2. The second-order valence-electron chi connectivity index (χ2n) is 12.6. The van der Waals surface area contributed by atoms with Crippen molar-refractivity contribution < 1.29 is 30.0 Å². The van der Waals surface area contributed by atoms with Crippen LogP contribution in [0.1, 0.15) is 52.7 Å². The largest absolute Gasteiger partial charge is 0.512 e. The molecule has 6 aromatic rings. The van der Waals surface area contributed by atoms with Gasteiger partial charge in [-0.15, -0.1) is 29.7 Å². The average molecular weight is 756 g/mol. The van der Waals surface area contributed by atoms with Gasteiger partial charge < -0.3 is 5.11 Å². The summed E-state index contributed by atoms with van der Waals surface area (Å²) in [6.07, 6.45) is 1.33. The molecule has 6 nitrogen and oxygen atoms in total. The number of benzene rings is 5. The van der Waals surface area contributed by atoms with Crippen LogP contribution in [-0.2, 0) is 24.9 Å². The van der Waals surface area contributed by atoms with Crippen molar-refractivity contribution >= 4 is 60.2 Å². The third-order valence-corrected chi connectivity index (χ3v) is 7.37. The number of aliphatic hydroxyl groups is 1. The van der Waals surface area contributed by atoms with Crippen LogP contribution in [0.3, 0.4) is 0 Å². The number of hydrogen-bond donors (Lipinski definition) is 1. The van der Waals surface area contributed by atoms with E-state index in [-0.39, 0.29) is 37.1 Å². The van der Waals surface area contributed by atoms with Crippen molar-refractivity contribution in [3.8, 4) is 12.1 Å². The van der Waals surface area contributed by atoms with E-state index in [1.165, 1.54) is 6.08 Å². The van der Waals surface area contributed by atoms with Crippen LogP contribution >= 0.6 is 0 Å². The predicted octanol–water partition coefficient (Wildman–Crippen LogP) is 8.87. The third-order valence-electron chi connectivity index (χ3n) is 7.37. The summed E-state index contributed by atoms with van der Waals surface area (Å²) in [5, 5.41) is 34.7. The number of carbonyl (C=O) groups excluding carboxylic acids is 1. The molecule has 0 bridgehead atoms. The summed E-state index contributed by atoms with van der Waals surface area (Å²) in [6, 6.07) is 29.2. The van der Waals surface area contributed by atoms with E-state index < -0.39 is 5.41 Å². The number of rotatable bonds is 1. The van der Waals surface area contributed by atoms with Gasteiger partial charge in [-0.25, -0.2) is 0 Å². The molecule has 0 aliphatic carbocycles. The summed E-state index contributed by atoms with van der Waals surface area (Å²) >= 11 is 0. The Hall–Kier alpha value is -4.68. The van der Waals surface area contributed by atoms with Crippen LogP contribution in [0.4, 0.5) is 0 Å². The quantitative estimate of drug-likeness (QED) is 0.0591. The molecule has 0 saturated carbocycles. The molecule has 0 unspecified atom stereocenters. The molecule has 0 saturated heterocycles. The number of aromatic nitrogens is 2. The van der Waals surface area contributed by atoms with E-state index in [1.807, 2.05) is 65.8 Å². The van der Waals surface area contributed by atoms with E-state index in [9.17, 15) is 20.4 Å². The van der Waals surface area contributed by atoms with Crippen molar-refractivity contribution in [1.82, 2.24) is 9.97 Å². The van der Waals surface area contributed by atoms with Crippen LogP contribution in [0.5, 0.6) is 0 Å². The first kappa shape index (κ1) is 32.2. The van der Waals surface area contributed by atoms with E-state index in [1.54, 1.807) is 12.1 Å². The Morgan fingerprint density at radius 2 is 1.39 bits per heavy atom. The van der Waals surface area contributed by atoms with Crippen molar-refractivity contribution in [2.45, 2.75) is 41.5 Å². The van der Waals surface area contributed by atoms with Crippen LogP contribution < -0.4 is 0 Å². The standard InChI is InChI=1S/C26H11N4.C11H20O2.Ir/c27-13-16-11-22-23(12-17(16)14-28)30-26-24-18-6-2-1-5-15(18)9-10-20(24)19-7-3-4-8-21(19)25(26)29-22;1-10(2,3)8(12)7-9(13)11(4,5)6;/h1-7,9-12H;7,12H,1-6H3;/q-1;;. The molecule has 1 heterocycles. The molecule has 1 aromatic heterocycles. The second kappa shape index (κ2) is 12.1. The minimum atomic E-state index is -0.417. The van der Waals surface area contributed by atoms with Crippen molar-refractivity contribution in [2.24, 2.45) is 10.8 Å². The Morgan fingerprint density at radius 1 is 0.795 bits per heavy atom. The Labute approximate surface area is 270 Å². The average Bonchev–Trinajstić information content (AvgIpc) is 2.98. The topological polar surface area (TPSA) is 111 Å². The van der Waals surface area contributed by atoms with Crippen LogP contribution in [0, 0.1) is 39.6 Å². The minimum Gasteiger partial charge on any atom is -0.512 e. The SMILES string of the molecule is CC(C)(C)C(=O)C=C(O)C(C)(C)C.N#Cc1cc2nc3c4[c-]cccc4c4ccc5ccccc5c4c3nc2cc1C#N.[Ir]. The first-order chi connectivity index (χ1) is 20.3. The molecular weight excluding hydrogens is 725 g/mol. The maximum Gasteiger partial charge on any atom is 0.164 e. The van der Waals surface area contributed by atoms with E-state index in [2.05, 4.69) is 48.5 Å². The molecule has 221 valence electrons. The summed E-state index contributed by atoms with van der Waals surface area (Å²) in [5.41, 5.74) is 2.56. The maximum absolute atomic E-state index is 11.5. The van der Waals surface area contributed by atoms with Gasteiger partial charge in [0.25, 0.3) is 0 Å². The molecule has 7 heteroatoms. The van der Waals surface area contributed by atoms with E-state index in [4.69, 9.17) is 9.97 Å². The molecule has 0 aliphatic rings. The van der Waals surface area contributed by atoms with Gasteiger partial charge in [-0.2, -0.15) is 10.5 Å². The number of aliphatic hydroxyl groups excluding tert-OH is 1. The van der Waals surface area contributed by atoms with Gasteiger partial charge in [0.15, 0.2) is 5.78 Å². The van der Waals surface area contributed by atoms with Crippen molar-refractivity contribution in [2.75, 3.05) is 0 Å². The molecule has 6 rings (SSSR count). The smallest absolute Gasteiger partial charge is 0.164 e. The molecule has 0 atom stereocenters. The molecule has 5 aromatic carbocycles. The molecule has 0 amide bonds. The van der Waals surface area contributed by atoms with Crippen LogP contribution in [0.25, 0.3) is 54.4 Å². The maximum atomic E-state index is 11.5. The summed E-state index contributed by atoms with van der Waals surface area (Å²) in [7, 11) is 0. The zero-order valence-corrected chi connectivity index (χ0v) is 27.8. The van der Waals surface area contributed by atoms with Crippen molar-refractivity contribution in [3.05, 3.63) is 95.8 Å². The number of fused-ring (bicyclic) bond motifs is 9. The third kappa shape index (κ3) is 6.03. The number of ketones is 1. The molecule has 44 heavy (non-hydrogen) atoms. The molecule has 1 N–H and O–H groups in total. The number of nitriles is 2. The van der Waals surface area contributed by atoms with Gasteiger partial charge in [-0.3, -0.25) is 14.8 Å². The fourth-order valence-electron chi connectivity index (χ4n) is 4.80. The molecule has 0 fully saturated rings. The fraction of sp³-hybridized carbons (Fsp3) is 0.216. The van der Waals surface area contributed by atoms with Gasteiger partial charge in [0.1, 0.15) is 17.9 Å². The predicted molar refractivity (Wildman–Crippen MR) is 172 cm³/mol. The van der Waals surface area contributed by atoms with E-state index in [0.29, 0.717) is 22.2 Å². The number of carbonyl (C=O) groups is 1. The van der Waals surface area contributed by atoms with Crippen molar-refractivity contribution in [1.29, 1.82) is 10.5 Å². The Balaban J connectivity index is 0.000000271. The summed E-state index contributed by atoms with van der Waals surface area (Å²) in [5.74, 6) is 0.104. The van der Waals surface area contributed by atoms with E-state index >= 15 is 0 Å². The Morgan fingerprint density at radius 3 is 1.98 bits per heavy atom. The number of hydrogen-bond acceptors (Lipinski definition) is 6. The molecule has 0 aliphatic heterocycles. The Kier molecular flexibility index (Phi) is 8.89. The summed E-state index contributed by atoms with van der Waals surface area (Å²) < 4.78 is 0. The van der Waals surface area contributed by atoms with Gasteiger partial charge in [0, 0.05) is 42.5 Å². The molecule has 1 radical (unpaired) electrons. The molecule has 0 spiro atoms. The van der Waals surface area contributed by atoms with Crippen LogP contribution in [-0.4, -0.2) is 20.9 Å². The van der Waals surface area contributed by atoms with E-state index in [0.717, 1.165) is 43.4 Å². The second-order valence-corrected chi connectivity index (χ2v) is 12.6. The molecular formula is C37H31IrN4O2-. The fourth-order valence-corrected chi connectivity index (χ4v) is 4.80. The van der Waals surface area contributed by atoms with Gasteiger partial charge in [0.2, 0.25) is 0 Å². The first-order valence-electron chi connectivity index (χ1n) is 14.0.